The highest BCUT2D eigenvalue weighted by Gasteiger charge is 2.21. The number of amides is 2. The van der Waals surface area contributed by atoms with Crippen LogP contribution in [0.1, 0.15) is 26.2 Å². The van der Waals surface area contributed by atoms with Crippen molar-refractivity contribution in [2.24, 2.45) is 0 Å². The summed E-state index contributed by atoms with van der Waals surface area (Å²) in [6, 6.07) is -1.60. The van der Waals surface area contributed by atoms with E-state index in [0.717, 1.165) is 19.6 Å². The van der Waals surface area contributed by atoms with Gasteiger partial charge in [-0.25, -0.2) is 9.59 Å². The van der Waals surface area contributed by atoms with Gasteiger partial charge >= 0.3 is 12.0 Å². The van der Waals surface area contributed by atoms with Crippen molar-refractivity contribution in [1.29, 1.82) is 0 Å². The second-order valence-electron chi connectivity index (χ2n) is 4.93. The van der Waals surface area contributed by atoms with Crippen LogP contribution in [0.2, 0.25) is 0 Å². The highest BCUT2D eigenvalue weighted by molar-refractivity contribution is 5.82. The molecule has 7 nitrogen and oxygen atoms in total. The summed E-state index contributed by atoms with van der Waals surface area (Å²) in [5, 5.41) is 22.6. The minimum Gasteiger partial charge on any atom is -0.480 e. The van der Waals surface area contributed by atoms with Crippen LogP contribution in [-0.4, -0.2) is 65.4 Å². The molecule has 0 spiro atoms. The Labute approximate surface area is 113 Å². The Bertz CT molecular complexity index is 305. The van der Waals surface area contributed by atoms with Gasteiger partial charge < -0.3 is 25.7 Å². The van der Waals surface area contributed by atoms with Crippen molar-refractivity contribution in [3.8, 4) is 0 Å². The van der Waals surface area contributed by atoms with Crippen LogP contribution in [0.25, 0.3) is 0 Å². The van der Waals surface area contributed by atoms with Gasteiger partial charge in [0.15, 0.2) is 0 Å². The molecule has 0 aromatic heterocycles. The molecule has 0 bridgehead atoms. The number of urea groups is 1. The summed E-state index contributed by atoms with van der Waals surface area (Å²) in [5.74, 6) is -1.14. The molecule has 1 saturated heterocycles. The molecule has 0 radical (unpaired) electrons. The Balaban J connectivity index is 2.29. The summed E-state index contributed by atoms with van der Waals surface area (Å²) in [6.45, 7) is 4.48. The number of carboxylic acids is 1. The number of nitrogens with one attached hydrogen (secondary N) is 2. The number of aliphatic hydroxyl groups excluding tert-OH is 1. The van der Waals surface area contributed by atoms with E-state index in [-0.39, 0.29) is 19.1 Å². The average Bonchev–Trinajstić information content (AvgIpc) is 2.80. The normalized spacial score (nSPS) is 18.8. The third-order valence-electron chi connectivity index (χ3n) is 3.13. The van der Waals surface area contributed by atoms with Gasteiger partial charge in [-0.1, -0.05) is 0 Å². The molecule has 4 N–H and O–H groups in total. The van der Waals surface area contributed by atoms with E-state index in [1.54, 1.807) is 0 Å². The molecule has 110 valence electrons. The number of aliphatic hydroxyl groups is 1. The molecule has 0 aromatic carbocycles. The molecule has 7 heteroatoms. The van der Waals surface area contributed by atoms with Crippen LogP contribution in [0, 0.1) is 0 Å². The SMILES string of the molecule is CC(CN1CCCC1)NC(=O)N[C@H](CCO)C(=O)O. The van der Waals surface area contributed by atoms with Crippen LogP contribution < -0.4 is 10.6 Å². The van der Waals surface area contributed by atoms with Crippen molar-refractivity contribution in [1.82, 2.24) is 15.5 Å². The zero-order valence-electron chi connectivity index (χ0n) is 11.3. The summed E-state index contributed by atoms with van der Waals surface area (Å²) in [7, 11) is 0. The fourth-order valence-corrected chi connectivity index (χ4v) is 2.21. The van der Waals surface area contributed by atoms with Crippen molar-refractivity contribution in [2.45, 2.75) is 38.3 Å². The smallest absolute Gasteiger partial charge is 0.326 e. The van der Waals surface area contributed by atoms with E-state index < -0.39 is 18.0 Å². The molecule has 1 aliphatic heterocycles. The molecular weight excluding hydrogens is 250 g/mol. The lowest BCUT2D eigenvalue weighted by Gasteiger charge is -2.22. The number of likely N-dealkylation sites (tertiary alicyclic amines) is 1. The van der Waals surface area contributed by atoms with Crippen LogP contribution in [0.4, 0.5) is 4.79 Å². The van der Waals surface area contributed by atoms with E-state index in [9.17, 15) is 9.59 Å². The number of rotatable bonds is 7. The quantitative estimate of drug-likeness (QED) is 0.506. The molecule has 1 rings (SSSR count). The van der Waals surface area contributed by atoms with E-state index in [1.807, 2.05) is 6.92 Å². The van der Waals surface area contributed by atoms with Gasteiger partial charge in [0.2, 0.25) is 0 Å². The Morgan fingerprint density at radius 3 is 2.42 bits per heavy atom. The van der Waals surface area contributed by atoms with E-state index >= 15 is 0 Å². The maximum atomic E-state index is 11.6. The number of hydrogen-bond donors (Lipinski definition) is 4. The van der Waals surface area contributed by atoms with Crippen molar-refractivity contribution >= 4 is 12.0 Å². The van der Waals surface area contributed by atoms with Crippen molar-refractivity contribution < 1.29 is 19.8 Å². The van der Waals surface area contributed by atoms with Crippen LogP contribution in [0.5, 0.6) is 0 Å². The van der Waals surface area contributed by atoms with Gasteiger partial charge in [-0.05, 0) is 32.9 Å². The fourth-order valence-electron chi connectivity index (χ4n) is 2.21. The molecule has 1 unspecified atom stereocenters. The summed E-state index contributed by atoms with van der Waals surface area (Å²) in [4.78, 5) is 24.7. The largest absolute Gasteiger partial charge is 0.480 e. The van der Waals surface area contributed by atoms with Crippen molar-refractivity contribution in [3.63, 3.8) is 0 Å². The monoisotopic (exact) mass is 273 g/mol. The Morgan fingerprint density at radius 1 is 1.26 bits per heavy atom. The van der Waals surface area contributed by atoms with E-state index in [4.69, 9.17) is 10.2 Å². The fraction of sp³-hybridized carbons (Fsp3) is 0.833. The lowest BCUT2D eigenvalue weighted by Crippen LogP contribution is -2.50. The first-order valence-corrected chi connectivity index (χ1v) is 6.66. The summed E-state index contributed by atoms with van der Waals surface area (Å²) >= 11 is 0. The number of carbonyl (C=O) groups is 2. The number of carboxylic acid groups (broad SMARTS) is 1. The first-order chi connectivity index (χ1) is 9.02. The molecular formula is C12H23N3O4. The highest BCUT2D eigenvalue weighted by Crippen LogP contribution is 2.07. The molecule has 2 atom stereocenters. The van der Waals surface area contributed by atoms with Gasteiger partial charge in [0.05, 0.1) is 0 Å². The van der Waals surface area contributed by atoms with Crippen LogP contribution in [0.15, 0.2) is 0 Å². The van der Waals surface area contributed by atoms with Gasteiger partial charge in [0, 0.05) is 25.6 Å². The predicted molar refractivity (Wildman–Crippen MR) is 69.9 cm³/mol. The standard InChI is InChI=1S/C12H23N3O4/c1-9(8-15-5-2-3-6-15)13-12(19)14-10(4-7-16)11(17)18/h9-10,16H,2-8H2,1H3,(H,17,18)(H2,13,14,19)/t9?,10-/m1/s1. The summed E-state index contributed by atoms with van der Waals surface area (Å²) in [6.07, 6.45) is 2.39. The van der Waals surface area contributed by atoms with E-state index in [1.165, 1.54) is 12.8 Å². The van der Waals surface area contributed by atoms with Crippen LogP contribution in [0.3, 0.4) is 0 Å². The summed E-state index contributed by atoms with van der Waals surface area (Å²) in [5.41, 5.74) is 0. The predicted octanol–water partition coefficient (Wildman–Crippen LogP) is -0.394. The van der Waals surface area contributed by atoms with Gasteiger partial charge in [0.25, 0.3) is 0 Å². The molecule has 1 heterocycles. The van der Waals surface area contributed by atoms with Gasteiger partial charge in [-0.15, -0.1) is 0 Å². The lowest BCUT2D eigenvalue weighted by molar-refractivity contribution is -0.139. The number of nitrogens with zero attached hydrogens (tertiary/aromatic N) is 1. The molecule has 0 saturated carbocycles. The second kappa shape index (κ2) is 7.96. The van der Waals surface area contributed by atoms with Gasteiger partial charge in [0.1, 0.15) is 6.04 Å². The van der Waals surface area contributed by atoms with Crippen molar-refractivity contribution in [2.75, 3.05) is 26.2 Å². The van der Waals surface area contributed by atoms with Crippen molar-refractivity contribution in [3.05, 3.63) is 0 Å². The maximum Gasteiger partial charge on any atom is 0.326 e. The molecule has 0 aliphatic carbocycles. The van der Waals surface area contributed by atoms with Crippen LogP contribution in [-0.2, 0) is 4.79 Å². The van der Waals surface area contributed by atoms with Crippen LogP contribution >= 0.6 is 0 Å². The molecule has 1 fully saturated rings. The van der Waals surface area contributed by atoms with Gasteiger partial charge in [-0.2, -0.15) is 0 Å². The Hall–Kier alpha value is -1.34. The minimum absolute atomic E-state index is 0.00323. The third-order valence-corrected chi connectivity index (χ3v) is 3.13. The molecule has 19 heavy (non-hydrogen) atoms. The number of hydrogen-bond acceptors (Lipinski definition) is 4. The van der Waals surface area contributed by atoms with E-state index in [0.29, 0.717) is 0 Å². The summed E-state index contributed by atoms with van der Waals surface area (Å²) < 4.78 is 0. The zero-order valence-corrected chi connectivity index (χ0v) is 11.3. The first kappa shape index (κ1) is 15.7. The Kier molecular flexibility index (Phi) is 6.58. The molecule has 1 aliphatic rings. The average molecular weight is 273 g/mol. The van der Waals surface area contributed by atoms with E-state index in [2.05, 4.69) is 15.5 Å². The number of carbonyl (C=O) groups excluding carboxylic acids is 1. The third kappa shape index (κ3) is 5.89. The zero-order chi connectivity index (χ0) is 14.3. The Morgan fingerprint density at radius 2 is 1.89 bits per heavy atom. The lowest BCUT2D eigenvalue weighted by atomic mass is 10.2. The maximum absolute atomic E-state index is 11.6. The number of aliphatic carboxylic acids is 1. The first-order valence-electron chi connectivity index (χ1n) is 6.66. The highest BCUT2D eigenvalue weighted by atomic mass is 16.4. The topological polar surface area (TPSA) is 102 Å². The minimum atomic E-state index is -1.14. The molecule has 2 amide bonds. The van der Waals surface area contributed by atoms with Gasteiger partial charge in [-0.3, -0.25) is 0 Å². The second-order valence-corrected chi connectivity index (χ2v) is 4.93. The molecule has 0 aromatic rings.